The predicted molar refractivity (Wildman–Crippen MR) is 74.1 cm³/mol. The molecule has 94 valence electrons. The van der Waals surface area contributed by atoms with Gasteiger partial charge in [-0.3, -0.25) is 0 Å². The molecule has 2 rings (SSSR count). The van der Waals surface area contributed by atoms with E-state index in [-0.39, 0.29) is 0 Å². The number of benzene rings is 1. The summed E-state index contributed by atoms with van der Waals surface area (Å²) in [5.41, 5.74) is 1.49. The summed E-state index contributed by atoms with van der Waals surface area (Å²) in [6, 6.07) is 11.7. The Bertz CT molecular complexity index is 320. The minimum Gasteiger partial charge on any atom is -0.314 e. The molecule has 1 nitrogen and oxygen atoms in total. The van der Waals surface area contributed by atoms with Crippen molar-refractivity contribution in [1.82, 2.24) is 5.32 Å². The molecule has 1 saturated carbocycles. The molecule has 1 aliphatic rings. The highest BCUT2D eigenvalue weighted by Crippen LogP contribution is 2.34. The fourth-order valence-corrected chi connectivity index (χ4v) is 3.20. The van der Waals surface area contributed by atoms with Gasteiger partial charge in [0.05, 0.1) is 0 Å². The summed E-state index contributed by atoms with van der Waals surface area (Å²) in [7, 11) is 0. The number of hydrogen-bond acceptors (Lipinski definition) is 1. The summed E-state index contributed by atoms with van der Waals surface area (Å²) >= 11 is 0. The monoisotopic (exact) mass is 231 g/mol. The van der Waals surface area contributed by atoms with Crippen LogP contribution in [0.25, 0.3) is 0 Å². The van der Waals surface area contributed by atoms with Gasteiger partial charge in [0.2, 0.25) is 0 Å². The summed E-state index contributed by atoms with van der Waals surface area (Å²) in [5.74, 6) is 1.76. The molecule has 0 radical (unpaired) electrons. The molecule has 0 aromatic heterocycles. The van der Waals surface area contributed by atoms with E-state index in [0.29, 0.717) is 0 Å². The molecule has 0 spiro atoms. The van der Waals surface area contributed by atoms with Gasteiger partial charge in [0.15, 0.2) is 0 Å². The minimum atomic E-state index is 0.765. The molecule has 1 aromatic rings. The van der Waals surface area contributed by atoms with Gasteiger partial charge in [0.1, 0.15) is 0 Å². The Morgan fingerprint density at radius 3 is 2.65 bits per heavy atom. The van der Waals surface area contributed by atoms with Crippen molar-refractivity contribution in [2.24, 2.45) is 11.8 Å². The lowest BCUT2D eigenvalue weighted by Gasteiger charge is -2.21. The second-order valence-corrected chi connectivity index (χ2v) is 5.38. The Morgan fingerprint density at radius 1 is 1.18 bits per heavy atom. The van der Waals surface area contributed by atoms with Crippen molar-refractivity contribution in [2.75, 3.05) is 6.54 Å². The SMILES string of the molecule is CCNC1CCC(CCc2ccccc2)C1C. The smallest absolute Gasteiger partial charge is 0.00953 e. The fraction of sp³-hybridized carbons (Fsp3) is 0.625. The molecular formula is C16H25N. The summed E-state index contributed by atoms with van der Waals surface area (Å²) in [6.07, 6.45) is 5.38. The van der Waals surface area contributed by atoms with Crippen molar-refractivity contribution < 1.29 is 0 Å². The van der Waals surface area contributed by atoms with Crippen LogP contribution in [0.4, 0.5) is 0 Å². The van der Waals surface area contributed by atoms with Gasteiger partial charge in [0.25, 0.3) is 0 Å². The van der Waals surface area contributed by atoms with Crippen LogP contribution in [0.1, 0.15) is 38.7 Å². The van der Waals surface area contributed by atoms with Crippen molar-refractivity contribution >= 4 is 0 Å². The van der Waals surface area contributed by atoms with Crippen molar-refractivity contribution in [3.63, 3.8) is 0 Å². The number of hydrogen-bond donors (Lipinski definition) is 1. The molecule has 0 aliphatic heterocycles. The Hall–Kier alpha value is -0.820. The molecule has 0 amide bonds. The lowest BCUT2D eigenvalue weighted by atomic mass is 9.90. The topological polar surface area (TPSA) is 12.0 Å². The maximum Gasteiger partial charge on any atom is 0.00953 e. The third kappa shape index (κ3) is 3.32. The van der Waals surface area contributed by atoms with E-state index in [4.69, 9.17) is 0 Å². The van der Waals surface area contributed by atoms with Crippen LogP contribution in [0.2, 0.25) is 0 Å². The first-order valence-electron chi connectivity index (χ1n) is 7.08. The number of rotatable bonds is 5. The van der Waals surface area contributed by atoms with E-state index in [2.05, 4.69) is 49.5 Å². The summed E-state index contributed by atoms with van der Waals surface area (Å²) in [4.78, 5) is 0. The number of aryl methyl sites for hydroxylation is 1. The molecule has 1 heteroatoms. The zero-order chi connectivity index (χ0) is 12.1. The third-order valence-corrected chi connectivity index (χ3v) is 4.34. The summed E-state index contributed by atoms with van der Waals surface area (Å²) in [6.45, 7) is 5.75. The van der Waals surface area contributed by atoms with Crippen LogP contribution in [-0.2, 0) is 6.42 Å². The average molecular weight is 231 g/mol. The zero-order valence-electron chi connectivity index (χ0n) is 11.2. The van der Waals surface area contributed by atoms with Gasteiger partial charge < -0.3 is 5.32 Å². The molecule has 1 fully saturated rings. The van der Waals surface area contributed by atoms with Crippen LogP contribution >= 0.6 is 0 Å². The fourth-order valence-electron chi connectivity index (χ4n) is 3.20. The Labute approximate surface area is 106 Å². The average Bonchev–Trinajstić information content (AvgIpc) is 2.70. The van der Waals surface area contributed by atoms with E-state index in [0.717, 1.165) is 24.4 Å². The molecule has 0 saturated heterocycles. The molecule has 0 bridgehead atoms. The molecule has 3 unspecified atom stereocenters. The van der Waals surface area contributed by atoms with E-state index >= 15 is 0 Å². The van der Waals surface area contributed by atoms with Crippen LogP contribution in [0.15, 0.2) is 30.3 Å². The van der Waals surface area contributed by atoms with Gasteiger partial charge >= 0.3 is 0 Å². The molecule has 1 N–H and O–H groups in total. The Balaban J connectivity index is 1.81. The van der Waals surface area contributed by atoms with E-state index in [1.165, 1.54) is 31.2 Å². The van der Waals surface area contributed by atoms with Crippen molar-refractivity contribution in [3.8, 4) is 0 Å². The quantitative estimate of drug-likeness (QED) is 0.815. The van der Waals surface area contributed by atoms with Gasteiger partial charge in [0, 0.05) is 6.04 Å². The highest BCUT2D eigenvalue weighted by Gasteiger charge is 2.31. The lowest BCUT2D eigenvalue weighted by Crippen LogP contribution is -2.32. The molecule has 1 aromatic carbocycles. The van der Waals surface area contributed by atoms with E-state index in [1.54, 1.807) is 0 Å². The summed E-state index contributed by atoms with van der Waals surface area (Å²) < 4.78 is 0. The Kier molecular flexibility index (Phi) is 4.61. The number of nitrogens with one attached hydrogen (secondary N) is 1. The highest BCUT2D eigenvalue weighted by molar-refractivity contribution is 5.14. The molecule has 17 heavy (non-hydrogen) atoms. The van der Waals surface area contributed by atoms with Gasteiger partial charge in [-0.2, -0.15) is 0 Å². The second-order valence-electron chi connectivity index (χ2n) is 5.38. The van der Waals surface area contributed by atoms with Gasteiger partial charge in [-0.15, -0.1) is 0 Å². The van der Waals surface area contributed by atoms with Gasteiger partial charge in [-0.05, 0) is 49.6 Å². The summed E-state index contributed by atoms with van der Waals surface area (Å²) in [5, 5.41) is 3.62. The van der Waals surface area contributed by atoms with E-state index in [1.807, 2.05) is 0 Å². The van der Waals surface area contributed by atoms with Crippen LogP contribution in [0.5, 0.6) is 0 Å². The van der Waals surface area contributed by atoms with Crippen LogP contribution in [0.3, 0.4) is 0 Å². The van der Waals surface area contributed by atoms with Crippen molar-refractivity contribution in [2.45, 2.75) is 45.6 Å². The second kappa shape index (κ2) is 6.20. The zero-order valence-corrected chi connectivity index (χ0v) is 11.2. The standard InChI is InChI=1S/C16H25N/c1-3-17-16-12-11-15(13(16)2)10-9-14-7-5-4-6-8-14/h4-8,13,15-17H,3,9-12H2,1-2H3. The largest absolute Gasteiger partial charge is 0.314 e. The lowest BCUT2D eigenvalue weighted by molar-refractivity contribution is 0.340. The first kappa shape index (κ1) is 12.6. The third-order valence-electron chi connectivity index (χ3n) is 4.34. The van der Waals surface area contributed by atoms with Crippen LogP contribution in [-0.4, -0.2) is 12.6 Å². The minimum absolute atomic E-state index is 0.765. The van der Waals surface area contributed by atoms with Crippen LogP contribution < -0.4 is 5.32 Å². The van der Waals surface area contributed by atoms with Crippen molar-refractivity contribution in [1.29, 1.82) is 0 Å². The molecular weight excluding hydrogens is 206 g/mol. The normalized spacial score (nSPS) is 28.5. The van der Waals surface area contributed by atoms with Crippen LogP contribution in [0, 0.1) is 11.8 Å². The molecule has 1 aliphatic carbocycles. The first-order chi connectivity index (χ1) is 8.31. The molecule has 0 heterocycles. The van der Waals surface area contributed by atoms with Crippen molar-refractivity contribution in [3.05, 3.63) is 35.9 Å². The highest BCUT2D eigenvalue weighted by atomic mass is 14.9. The van der Waals surface area contributed by atoms with Gasteiger partial charge in [-0.1, -0.05) is 44.2 Å². The molecule has 3 atom stereocenters. The van der Waals surface area contributed by atoms with E-state index < -0.39 is 0 Å². The van der Waals surface area contributed by atoms with E-state index in [9.17, 15) is 0 Å². The maximum absolute atomic E-state index is 3.62. The Morgan fingerprint density at radius 2 is 1.94 bits per heavy atom. The van der Waals surface area contributed by atoms with Gasteiger partial charge in [-0.25, -0.2) is 0 Å². The first-order valence-corrected chi connectivity index (χ1v) is 7.08. The predicted octanol–water partition coefficient (Wildman–Crippen LogP) is 3.64. The maximum atomic E-state index is 3.62.